The zero-order valence-electron chi connectivity index (χ0n) is 10.5. The molecule has 0 radical (unpaired) electrons. The van der Waals surface area contributed by atoms with Gasteiger partial charge in [0, 0.05) is 19.7 Å². The lowest BCUT2D eigenvalue weighted by molar-refractivity contribution is 0.100. The van der Waals surface area contributed by atoms with Gasteiger partial charge in [0.1, 0.15) is 0 Å². The van der Waals surface area contributed by atoms with Gasteiger partial charge in [-0.3, -0.25) is 4.90 Å². The molecule has 2 unspecified atom stereocenters. The first kappa shape index (κ1) is 12.9. The average Bonchev–Trinajstić information content (AvgIpc) is 2.71. The SMILES string of the molecule is CCNCC1CCN(C(CC)COC)C1. The molecular weight excluding hydrogens is 188 g/mol. The Hall–Kier alpha value is -0.120. The molecule has 1 N–H and O–H groups in total. The number of methoxy groups -OCH3 is 1. The van der Waals surface area contributed by atoms with Crippen LogP contribution in [0, 0.1) is 5.92 Å². The molecule has 0 bridgehead atoms. The van der Waals surface area contributed by atoms with E-state index in [1.807, 2.05) is 0 Å². The Bertz CT molecular complexity index is 164. The minimum Gasteiger partial charge on any atom is -0.383 e. The molecule has 1 heterocycles. The fraction of sp³-hybridized carbons (Fsp3) is 1.00. The molecule has 2 atom stereocenters. The highest BCUT2D eigenvalue weighted by Gasteiger charge is 2.26. The van der Waals surface area contributed by atoms with Gasteiger partial charge in [-0.1, -0.05) is 13.8 Å². The van der Waals surface area contributed by atoms with Crippen molar-refractivity contribution in [2.45, 2.75) is 32.7 Å². The molecule has 1 aliphatic rings. The second-order valence-corrected chi connectivity index (χ2v) is 4.47. The Morgan fingerprint density at radius 1 is 1.47 bits per heavy atom. The van der Waals surface area contributed by atoms with Crippen molar-refractivity contribution < 1.29 is 4.74 Å². The van der Waals surface area contributed by atoms with Crippen molar-refractivity contribution >= 4 is 0 Å². The van der Waals surface area contributed by atoms with E-state index in [-0.39, 0.29) is 0 Å². The Balaban J connectivity index is 2.27. The van der Waals surface area contributed by atoms with Gasteiger partial charge in [-0.15, -0.1) is 0 Å². The van der Waals surface area contributed by atoms with Gasteiger partial charge in [-0.2, -0.15) is 0 Å². The van der Waals surface area contributed by atoms with Gasteiger partial charge < -0.3 is 10.1 Å². The smallest absolute Gasteiger partial charge is 0.0617 e. The number of nitrogens with one attached hydrogen (secondary N) is 1. The van der Waals surface area contributed by atoms with Gasteiger partial charge in [0.2, 0.25) is 0 Å². The maximum atomic E-state index is 5.27. The molecule has 0 aliphatic carbocycles. The van der Waals surface area contributed by atoms with Crippen LogP contribution in [-0.2, 0) is 4.74 Å². The quantitative estimate of drug-likeness (QED) is 0.692. The first-order valence-corrected chi connectivity index (χ1v) is 6.25. The van der Waals surface area contributed by atoms with Crippen molar-refractivity contribution in [3.63, 3.8) is 0 Å². The van der Waals surface area contributed by atoms with Crippen LogP contribution in [0.25, 0.3) is 0 Å². The van der Waals surface area contributed by atoms with Crippen LogP contribution in [0.4, 0.5) is 0 Å². The summed E-state index contributed by atoms with van der Waals surface area (Å²) in [6.45, 7) is 10.1. The van der Waals surface area contributed by atoms with E-state index in [0.717, 1.165) is 19.1 Å². The summed E-state index contributed by atoms with van der Waals surface area (Å²) < 4.78 is 5.27. The van der Waals surface area contributed by atoms with Crippen molar-refractivity contribution in [3.05, 3.63) is 0 Å². The van der Waals surface area contributed by atoms with E-state index in [9.17, 15) is 0 Å². The molecule has 1 saturated heterocycles. The molecule has 3 heteroatoms. The monoisotopic (exact) mass is 214 g/mol. The lowest BCUT2D eigenvalue weighted by Gasteiger charge is -2.26. The molecular formula is C12H26N2O. The molecule has 0 aromatic rings. The summed E-state index contributed by atoms with van der Waals surface area (Å²) >= 11 is 0. The third kappa shape index (κ3) is 4.09. The third-order valence-electron chi connectivity index (χ3n) is 3.35. The minimum absolute atomic E-state index is 0.627. The first-order valence-electron chi connectivity index (χ1n) is 6.25. The Morgan fingerprint density at radius 2 is 2.27 bits per heavy atom. The normalized spacial score (nSPS) is 24.6. The zero-order valence-corrected chi connectivity index (χ0v) is 10.5. The second kappa shape index (κ2) is 7.20. The topological polar surface area (TPSA) is 24.5 Å². The largest absolute Gasteiger partial charge is 0.383 e. The van der Waals surface area contributed by atoms with Gasteiger partial charge in [0.05, 0.1) is 6.61 Å². The summed E-state index contributed by atoms with van der Waals surface area (Å²) in [6, 6.07) is 0.627. The second-order valence-electron chi connectivity index (χ2n) is 4.47. The van der Waals surface area contributed by atoms with E-state index >= 15 is 0 Å². The van der Waals surface area contributed by atoms with Crippen LogP contribution in [0.5, 0.6) is 0 Å². The minimum atomic E-state index is 0.627. The summed E-state index contributed by atoms with van der Waals surface area (Å²) in [5.41, 5.74) is 0. The Kier molecular flexibility index (Phi) is 6.22. The summed E-state index contributed by atoms with van der Waals surface area (Å²) in [5, 5.41) is 3.44. The van der Waals surface area contributed by atoms with Crippen LogP contribution in [0.2, 0.25) is 0 Å². The van der Waals surface area contributed by atoms with E-state index in [4.69, 9.17) is 4.74 Å². The molecule has 0 aromatic heterocycles. The number of rotatable bonds is 7. The average molecular weight is 214 g/mol. The van der Waals surface area contributed by atoms with Crippen LogP contribution in [0.3, 0.4) is 0 Å². The van der Waals surface area contributed by atoms with E-state index < -0.39 is 0 Å². The zero-order chi connectivity index (χ0) is 11.1. The molecule has 1 fully saturated rings. The van der Waals surface area contributed by atoms with E-state index in [0.29, 0.717) is 6.04 Å². The van der Waals surface area contributed by atoms with E-state index in [1.165, 1.54) is 32.5 Å². The third-order valence-corrected chi connectivity index (χ3v) is 3.35. The Morgan fingerprint density at radius 3 is 2.87 bits per heavy atom. The lowest BCUT2D eigenvalue weighted by Crippen LogP contribution is -2.37. The molecule has 15 heavy (non-hydrogen) atoms. The predicted molar refractivity (Wildman–Crippen MR) is 64.2 cm³/mol. The molecule has 1 aliphatic heterocycles. The van der Waals surface area contributed by atoms with Gasteiger partial charge in [0.25, 0.3) is 0 Å². The number of hydrogen-bond acceptors (Lipinski definition) is 3. The summed E-state index contributed by atoms with van der Waals surface area (Å²) in [7, 11) is 1.80. The number of nitrogens with zero attached hydrogens (tertiary/aromatic N) is 1. The van der Waals surface area contributed by atoms with Crippen molar-refractivity contribution in [2.75, 3.05) is 39.9 Å². The molecule has 1 rings (SSSR count). The summed E-state index contributed by atoms with van der Waals surface area (Å²) in [5.74, 6) is 0.843. The van der Waals surface area contributed by atoms with Crippen LogP contribution in [0.1, 0.15) is 26.7 Å². The van der Waals surface area contributed by atoms with E-state index in [2.05, 4.69) is 24.1 Å². The standard InChI is InChI=1S/C12H26N2O/c1-4-12(10-15-3)14-7-6-11(9-14)8-13-5-2/h11-13H,4-10H2,1-3H3. The van der Waals surface area contributed by atoms with Crippen molar-refractivity contribution in [1.29, 1.82) is 0 Å². The van der Waals surface area contributed by atoms with Gasteiger partial charge in [0.15, 0.2) is 0 Å². The molecule has 0 spiro atoms. The Labute approximate surface area is 94.2 Å². The fourth-order valence-corrected chi connectivity index (χ4v) is 2.38. The lowest BCUT2D eigenvalue weighted by atomic mass is 10.1. The number of hydrogen-bond donors (Lipinski definition) is 1. The molecule has 0 amide bonds. The van der Waals surface area contributed by atoms with Crippen LogP contribution in [0.15, 0.2) is 0 Å². The van der Waals surface area contributed by atoms with Gasteiger partial charge in [-0.05, 0) is 38.4 Å². The molecule has 90 valence electrons. The maximum Gasteiger partial charge on any atom is 0.0617 e. The van der Waals surface area contributed by atoms with Gasteiger partial charge >= 0.3 is 0 Å². The number of ether oxygens (including phenoxy) is 1. The van der Waals surface area contributed by atoms with Crippen molar-refractivity contribution in [2.24, 2.45) is 5.92 Å². The molecule has 0 aromatic carbocycles. The van der Waals surface area contributed by atoms with Crippen LogP contribution < -0.4 is 5.32 Å². The highest BCUT2D eigenvalue weighted by molar-refractivity contribution is 4.81. The fourth-order valence-electron chi connectivity index (χ4n) is 2.38. The summed E-state index contributed by atoms with van der Waals surface area (Å²) in [4.78, 5) is 2.59. The maximum absolute atomic E-state index is 5.27. The van der Waals surface area contributed by atoms with Gasteiger partial charge in [-0.25, -0.2) is 0 Å². The van der Waals surface area contributed by atoms with E-state index in [1.54, 1.807) is 7.11 Å². The predicted octanol–water partition coefficient (Wildman–Crippen LogP) is 1.34. The van der Waals surface area contributed by atoms with Crippen LogP contribution >= 0.6 is 0 Å². The number of likely N-dealkylation sites (tertiary alicyclic amines) is 1. The van der Waals surface area contributed by atoms with Crippen molar-refractivity contribution in [1.82, 2.24) is 10.2 Å². The van der Waals surface area contributed by atoms with Crippen LogP contribution in [-0.4, -0.2) is 50.8 Å². The molecule has 0 saturated carbocycles. The first-order chi connectivity index (χ1) is 7.31. The highest BCUT2D eigenvalue weighted by Crippen LogP contribution is 2.19. The molecule has 3 nitrogen and oxygen atoms in total. The highest BCUT2D eigenvalue weighted by atomic mass is 16.5. The van der Waals surface area contributed by atoms with Crippen molar-refractivity contribution in [3.8, 4) is 0 Å². The summed E-state index contributed by atoms with van der Waals surface area (Å²) in [6.07, 6.45) is 2.54.